The summed E-state index contributed by atoms with van der Waals surface area (Å²) >= 11 is 1.47. The first-order valence-corrected chi connectivity index (χ1v) is 9.92. The summed E-state index contributed by atoms with van der Waals surface area (Å²) in [5.41, 5.74) is 2.88. The molecule has 8 heteroatoms. The minimum absolute atomic E-state index is 0.0915. The van der Waals surface area contributed by atoms with Crippen LogP contribution in [0.5, 0.6) is 5.75 Å². The molecular formula is C20H20N4O3S. The summed E-state index contributed by atoms with van der Waals surface area (Å²) in [4.78, 5) is 26.3. The summed E-state index contributed by atoms with van der Waals surface area (Å²) in [6.07, 6.45) is 3.93. The maximum absolute atomic E-state index is 12.7. The van der Waals surface area contributed by atoms with Crippen molar-refractivity contribution in [2.45, 2.75) is 25.7 Å². The molecule has 2 heterocycles. The van der Waals surface area contributed by atoms with Crippen molar-refractivity contribution < 1.29 is 14.7 Å². The van der Waals surface area contributed by atoms with Crippen molar-refractivity contribution in [2.75, 3.05) is 12.4 Å². The minimum atomic E-state index is -0.377. The van der Waals surface area contributed by atoms with E-state index in [-0.39, 0.29) is 23.3 Å². The highest BCUT2D eigenvalue weighted by molar-refractivity contribution is 7.17. The van der Waals surface area contributed by atoms with Crippen molar-refractivity contribution in [1.82, 2.24) is 15.5 Å². The molecule has 0 atom stereocenters. The van der Waals surface area contributed by atoms with Crippen molar-refractivity contribution in [1.29, 1.82) is 0 Å². The molecule has 0 fully saturated rings. The summed E-state index contributed by atoms with van der Waals surface area (Å²) in [6.45, 7) is 0. The number of aromatic hydroxyl groups is 1. The number of carbonyl (C=O) groups is 2. The van der Waals surface area contributed by atoms with E-state index in [9.17, 15) is 14.7 Å². The van der Waals surface area contributed by atoms with E-state index >= 15 is 0 Å². The van der Waals surface area contributed by atoms with E-state index in [4.69, 9.17) is 0 Å². The molecule has 0 saturated carbocycles. The third-order valence-electron chi connectivity index (χ3n) is 4.85. The number of hydrogen-bond acceptors (Lipinski definition) is 5. The maximum Gasteiger partial charge on any atom is 0.274 e. The topological polar surface area (TPSA) is 107 Å². The van der Waals surface area contributed by atoms with Crippen LogP contribution in [0.1, 0.15) is 44.1 Å². The number of H-pyrrole nitrogens is 1. The zero-order chi connectivity index (χ0) is 19.7. The van der Waals surface area contributed by atoms with Gasteiger partial charge in [-0.25, -0.2) is 0 Å². The molecule has 0 bridgehead atoms. The summed E-state index contributed by atoms with van der Waals surface area (Å²) in [5, 5.41) is 22.9. The number of aryl methyl sites for hydroxylation is 1. The van der Waals surface area contributed by atoms with E-state index in [0.717, 1.165) is 31.2 Å². The van der Waals surface area contributed by atoms with Gasteiger partial charge >= 0.3 is 0 Å². The number of carbonyl (C=O) groups excluding carboxylic acids is 2. The number of nitrogens with one attached hydrogen (secondary N) is 3. The minimum Gasteiger partial charge on any atom is -0.507 e. The number of fused-ring (bicyclic) bond motifs is 1. The Hall–Kier alpha value is -3.13. The first-order valence-electron chi connectivity index (χ1n) is 9.10. The number of benzene rings is 1. The second-order valence-electron chi connectivity index (χ2n) is 6.63. The van der Waals surface area contributed by atoms with Crippen LogP contribution in [0.4, 0.5) is 5.00 Å². The number of thiophene rings is 1. The van der Waals surface area contributed by atoms with Gasteiger partial charge in [0.2, 0.25) is 0 Å². The number of aromatic nitrogens is 2. The van der Waals surface area contributed by atoms with Gasteiger partial charge in [-0.15, -0.1) is 11.3 Å². The molecular weight excluding hydrogens is 376 g/mol. The van der Waals surface area contributed by atoms with Crippen LogP contribution in [0.3, 0.4) is 0 Å². The van der Waals surface area contributed by atoms with Gasteiger partial charge < -0.3 is 15.7 Å². The Morgan fingerprint density at radius 3 is 2.75 bits per heavy atom. The monoisotopic (exact) mass is 396 g/mol. The average molecular weight is 396 g/mol. The summed E-state index contributed by atoms with van der Waals surface area (Å²) in [6, 6.07) is 8.38. The van der Waals surface area contributed by atoms with E-state index in [2.05, 4.69) is 20.8 Å². The molecule has 2 aromatic heterocycles. The molecule has 0 radical (unpaired) electrons. The van der Waals surface area contributed by atoms with Gasteiger partial charge in [-0.2, -0.15) is 5.10 Å². The Morgan fingerprint density at radius 2 is 1.96 bits per heavy atom. The van der Waals surface area contributed by atoms with E-state index in [0.29, 0.717) is 21.8 Å². The van der Waals surface area contributed by atoms with Crippen LogP contribution in [-0.2, 0) is 12.8 Å². The number of hydrogen-bond donors (Lipinski definition) is 4. The second-order valence-corrected chi connectivity index (χ2v) is 7.74. The van der Waals surface area contributed by atoms with Gasteiger partial charge in [0, 0.05) is 17.5 Å². The fourth-order valence-electron chi connectivity index (χ4n) is 3.46. The lowest BCUT2D eigenvalue weighted by molar-refractivity contribution is 0.0963. The molecule has 0 aliphatic heterocycles. The number of rotatable bonds is 4. The molecule has 1 aliphatic carbocycles. The average Bonchev–Trinajstić information content (AvgIpc) is 3.32. The quantitative estimate of drug-likeness (QED) is 0.542. The first kappa shape index (κ1) is 18.2. The molecule has 0 saturated heterocycles. The van der Waals surface area contributed by atoms with Gasteiger partial charge in [-0.1, -0.05) is 12.1 Å². The Balaban J connectivity index is 1.62. The molecule has 7 nitrogen and oxygen atoms in total. The number of anilines is 1. The van der Waals surface area contributed by atoms with Crippen LogP contribution < -0.4 is 10.6 Å². The third-order valence-corrected chi connectivity index (χ3v) is 6.06. The van der Waals surface area contributed by atoms with Gasteiger partial charge in [0.25, 0.3) is 11.8 Å². The second kappa shape index (κ2) is 7.47. The van der Waals surface area contributed by atoms with Crippen LogP contribution in [0.2, 0.25) is 0 Å². The number of nitrogens with zero attached hydrogens (tertiary/aromatic N) is 1. The summed E-state index contributed by atoms with van der Waals surface area (Å²) in [5.74, 6) is -0.471. The number of phenolic OH excluding ortho intramolecular Hbond substituents is 1. The molecule has 0 spiro atoms. The zero-order valence-corrected chi connectivity index (χ0v) is 16.2. The third kappa shape index (κ3) is 3.27. The molecule has 1 aliphatic rings. The van der Waals surface area contributed by atoms with Crippen LogP contribution in [0.15, 0.2) is 30.3 Å². The van der Waals surface area contributed by atoms with Crippen LogP contribution in [-0.4, -0.2) is 34.2 Å². The van der Waals surface area contributed by atoms with Crippen LogP contribution in [0.25, 0.3) is 11.3 Å². The lowest BCUT2D eigenvalue weighted by Crippen LogP contribution is -2.22. The van der Waals surface area contributed by atoms with Crippen molar-refractivity contribution in [3.05, 3.63) is 52.0 Å². The summed E-state index contributed by atoms with van der Waals surface area (Å²) < 4.78 is 0. The Kier molecular flexibility index (Phi) is 4.87. The fourth-order valence-corrected chi connectivity index (χ4v) is 4.74. The maximum atomic E-state index is 12.7. The molecule has 4 N–H and O–H groups in total. The van der Waals surface area contributed by atoms with E-state index < -0.39 is 0 Å². The Bertz CT molecular complexity index is 1050. The van der Waals surface area contributed by atoms with Crippen LogP contribution >= 0.6 is 11.3 Å². The van der Waals surface area contributed by atoms with Crippen molar-refractivity contribution in [3.63, 3.8) is 0 Å². The molecule has 1 aromatic carbocycles. The van der Waals surface area contributed by atoms with E-state index in [1.54, 1.807) is 37.4 Å². The Labute approximate surface area is 165 Å². The van der Waals surface area contributed by atoms with E-state index in [1.807, 2.05) is 0 Å². The van der Waals surface area contributed by atoms with Gasteiger partial charge in [-0.05, 0) is 49.4 Å². The normalized spacial score (nSPS) is 13.0. The predicted octanol–water partition coefficient (Wildman–Crippen LogP) is 3.33. The molecule has 2 amide bonds. The highest BCUT2D eigenvalue weighted by Crippen LogP contribution is 2.38. The lowest BCUT2D eigenvalue weighted by atomic mass is 9.95. The lowest BCUT2D eigenvalue weighted by Gasteiger charge is -2.12. The highest BCUT2D eigenvalue weighted by atomic mass is 32.1. The summed E-state index contributed by atoms with van der Waals surface area (Å²) in [7, 11) is 1.59. The number of amides is 2. The molecule has 4 rings (SSSR count). The van der Waals surface area contributed by atoms with Crippen molar-refractivity contribution >= 4 is 28.2 Å². The molecule has 3 aromatic rings. The molecule has 28 heavy (non-hydrogen) atoms. The SMILES string of the molecule is CNC(=O)c1c(NC(=O)c2cc(-c3ccccc3O)n[nH]2)sc2c1CCCC2. The van der Waals surface area contributed by atoms with Gasteiger partial charge in [-0.3, -0.25) is 14.7 Å². The number of phenols is 1. The predicted molar refractivity (Wildman–Crippen MR) is 108 cm³/mol. The molecule has 0 unspecified atom stereocenters. The van der Waals surface area contributed by atoms with Gasteiger partial charge in [0.15, 0.2) is 0 Å². The highest BCUT2D eigenvalue weighted by Gasteiger charge is 2.26. The standard InChI is InChI=1S/C20H20N4O3S/c1-21-19(27)17-12-7-3-5-9-16(12)28-20(17)22-18(26)14-10-13(23-24-14)11-6-2-4-8-15(11)25/h2,4,6,8,10,25H,3,5,7,9H2,1H3,(H,21,27)(H,22,26)(H,23,24). The fraction of sp³-hybridized carbons (Fsp3) is 0.250. The smallest absolute Gasteiger partial charge is 0.274 e. The van der Waals surface area contributed by atoms with Gasteiger partial charge in [0.05, 0.1) is 11.3 Å². The molecule has 144 valence electrons. The largest absolute Gasteiger partial charge is 0.507 e. The van der Waals surface area contributed by atoms with Crippen LogP contribution in [0, 0.1) is 0 Å². The first-order chi connectivity index (χ1) is 13.6. The van der Waals surface area contributed by atoms with Crippen molar-refractivity contribution in [3.8, 4) is 17.0 Å². The van der Waals surface area contributed by atoms with Crippen molar-refractivity contribution in [2.24, 2.45) is 0 Å². The number of para-hydroxylation sites is 1. The van der Waals surface area contributed by atoms with E-state index in [1.165, 1.54) is 16.2 Å². The van der Waals surface area contributed by atoms with Gasteiger partial charge in [0.1, 0.15) is 16.4 Å². The number of aromatic amines is 1. The zero-order valence-electron chi connectivity index (χ0n) is 15.3. The Morgan fingerprint density at radius 1 is 1.18 bits per heavy atom.